The van der Waals surface area contributed by atoms with Crippen molar-refractivity contribution in [1.29, 1.82) is 0 Å². The second-order valence-corrected chi connectivity index (χ2v) is 7.83. The third-order valence-corrected chi connectivity index (χ3v) is 5.78. The molecule has 0 aliphatic rings. The summed E-state index contributed by atoms with van der Waals surface area (Å²) in [5.74, 6) is -5.11. The lowest BCUT2D eigenvalue weighted by Crippen LogP contribution is -2.33. The van der Waals surface area contributed by atoms with Crippen LogP contribution in [0.1, 0.15) is 19.4 Å². The molecule has 0 atom stereocenters. The number of fused-ring (bicyclic) bond motifs is 1. The molecule has 0 unspecified atom stereocenters. The molecular formula is C26H21F5N2O2. The van der Waals surface area contributed by atoms with E-state index in [4.69, 9.17) is 4.74 Å². The molecule has 182 valence electrons. The minimum absolute atomic E-state index is 0.109. The van der Waals surface area contributed by atoms with E-state index in [2.05, 4.69) is 0 Å². The summed E-state index contributed by atoms with van der Waals surface area (Å²) in [5, 5.41) is 0.476. The Labute approximate surface area is 198 Å². The molecule has 0 aliphatic carbocycles. The van der Waals surface area contributed by atoms with Gasteiger partial charge in [0.2, 0.25) is 0 Å². The Balaban J connectivity index is 1.85. The van der Waals surface area contributed by atoms with Crippen LogP contribution in [-0.2, 0) is 6.54 Å². The topological polar surface area (TPSA) is 34.5 Å². The van der Waals surface area contributed by atoms with Crippen LogP contribution in [0.2, 0.25) is 0 Å². The first-order valence-electron chi connectivity index (χ1n) is 10.9. The molecule has 0 bridgehead atoms. The number of rotatable bonds is 6. The van der Waals surface area contributed by atoms with Crippen LogP contribution in [0.25, 0.3) is 22.0 Å². The van der Waals surface area contributed by atoms with E-state index < -0.39 is 35.2 Å². The highest BCUT2D eigenvalue weighted by Crippen LogP contribution is 2.39. The molecule has 35 heavy (non-hydrogen) atoms. The molecule has 3 aromatic carbocycles. The van der Waals surface area contributed by atoms with Gasteiger partial charge in [0.15, 0.2) is 11.6 Å². The molecule has 1 heterocycles. The van der Waals surface area contributed by atoms with Crippen LogP contribution in [0.5, 0.6) is 5.75 Å². The molecule has 0 saturated carbocycles. The monoisotopic (exact) mass is 488 g/mol. The summed E-state index contributed by atoms with van der Waals surface area (Å²) in [6.07, 6.45) is 0.930. The van der Waals surface area contributed by atoms with Crippen molar-refractivity contribution in [2.75, 3.05) is 13.1 Å². The highest BCUT2D eigenvalue weighted by molar-refractivity contribution is 5.99. The molecule has 0 spiro atoms. The van der Waals surface area contributed by atoms with Crippen LogP contribution < -0.4 is 4.74 Å². The molecule has 0 N–H and O–H groups in total. The summed E-state index contributed by atoms with van der Waals surface area (Å²) in [5.41, 5.74) is 0.695. The van der Waals surface area contributed by atoms with Crippen LogP contribution in [0.15, 0.2) is 54.7 Å². The van der Waals surface area contributed by atoms with Crippen molar-refractivity contribution in [3.63, 3.8) is 0 Å². The van der Waals surface area contributed by atoms with Gasteiger partial charge in [-0.25, -0.2) is 26.7 Å². The number of ether oxygens (including phenoxy) is 1. The second-order valence-electron chi connectivity index (χ2n) is 7.83. The Morgan fingerprint density at radius 2 is 1.54 bits per heavy atom. The fraction of sp³-hybridized carbons (Fsp3) is 0.192. The van der Waals surface area contributed by atoms with E-state index in [1.807, 2.05) is 0 Å². The first kappa shape index (κ1) is 24.3. The number of amides is 1. The van der Waals surface area contributed by atoms with Crippen LogP contribution in [0, 0.1) is 29.1 Å². The minimum atomic E-state index is -1.09. The van der Waals surface area contributed by atoms with Gasteiger partial charge in [0.25, 0.3) is 0 Å². The molecule has 0 saturated heterocycles. The number of hydrogen-bond donors (Lipinski definition) is 0. The van der Waals surface area contributed by atoms with E-state index in [0.717, 1.165) is 12.1 Å². The van der Waals surface area contributed by atoms with Gasteiger partial charge in [-0.05, 0) is 49.7 Å². The zero-order valence-electron chi connectivity index (χ0n) is 18.9. The SMILES string of the molecule is CCN(CC)C(=O)Oc1ccc2c(ccn2Cc2c(F)cc(F)cc2F)c1-c1ccc(F)c(F)c1. The highest BCUT2D eigenvalue weighted by atomic mass is 19.2. The van der Waals surface area contributed by atoms with Gasteiger partial charge < -0.3 is 14.2 Å². The number of carbonyl (C=O) groups is 1. The largest absolute Gasteiger partial charge is 0.415 e. The Kier molecular flexibility index (Phi) is 6.77. The van der Waals surface area contributed by atoms with Gasteiger partial charge in [-0.3, -0.25) is 0 Å². The summed E-state index contributed by atoms with van der Waals surface area (Å²) >= 11 is 0. The maximum Gasteiger partial charge on any atom is 0.415 e. The standard InChI is InChI=1S/C26H21F5N2O2/c1-3-32(4-2)26(34)35-24-8-7-23-17(25(24)15-5-6-19(28)22(31)11-15)9-10-33(23)14-18-20(29)12-16(27)13-21(18)30/h5-13H,3-4,14H2,1-2H3. The lowest BCUT2D eigenvalue weighted by molar-refractivity contribution is 0.157. The second kappa shape index (κ2) is 9.77. The van der Waals surface area contributed by atoms with Crippen LogP contribution in [0.3, 0.4) is 0 Å². The summed E-state index contributed by atoms with van der Waals surface area (Å²) in [7, 11) is 0. The Hall–Kier alpha value is -3.88. The fourth-order valence-corrected chi connectivity index (χ4v) is 3.96. The number of benzene rings is 3. The molecule has 9 heteroatoms. The molecule has 4 aromatic rings. The molecule has 0 aliphatic heterocycles. The molecule has 4 rings (SSSR count). The molecule has 0 fully saturated rings. The van der Waals surface area contributed by atoms with Crippen molar-refractivity contribution >= 4 is 17.0 Å². The van der Waals surface area contributed by atoms with Crippen molar-refractivity contribution in [1.82, 2.24) is 9.47 Å². The van der Waals surface area contributed by atoms with Crippen molar-refractivity contribution in [3.05, 3.63) is 89.4 Å². The summed E-state index contributed by atoms with van der Waals surface area (Å²) < 4.78 is 76.6. The smallest absolute Gasteiger partial charge is 0.410 e. The van der Waals surface area contributed by atoms with Crippen molar-refractivity contribution in [3.8, 4) is 16.9 Å². The molecular weight excluding hydrogens is 467 g/mol. The number of nitrogens with zero attached hydrogens (tertiary/aromatic N) is 2. The average molecular weight is 488 g/mol. The molecule has 1 amide bonds. The van der Waals surface area contributed by atoms with Crippen molar-refractivity contribution in [2.45, 2.75) is 20.4 Å². The van der Waals surface area contributed by atoms with Crippen LogP contribution >= 0.6 is 0 Å². The van der Waals surface area contributed by atoms with E-state index in [1.54, 1.807) is 32.2 Å². The lowest BCUT2D eigenvalue weighted by Gasteiger charge is -2.20. The Morgan fingerprint density at radius 3 is 2.17 bits per heavy atom. The third kappa shape index (κ3) is 4.71. The molecule has 0 radical (unpaired) electrons. The minimum Gasteiger partial charge on any atom is -0.410 e. The number of aromatic nitrogens is 1. The zero-order valence-corrected chi connectivity index (χ0v) is 18.9. The first-order valence-corrected chi connectivity index (χ1v) is 10.9. The maximum atomic E-state index is 14.2. The quantitative estimate of drug-likeness (QED) is 0.277. The van der Waals surface area contributed by atoms with Crippen molar-refractivity contribution < 1.29 is 31.5 Å². The van der Waals surface area contributed by atoms with Gasteiger partial charge in [-0.15, -0.1) is 0 Å². The maximum absolute atomic E-state index is 14.2. The van der Waals surface area contributed by atoms with E-state index in [1.165, 1.54) is 21.6 Å². The zero-order chi connectivity index (χ0) is 25.3. The predicted molar refractivity (Wildman–Crippen MR) is 122 cm³/mol. The third-order valence-electron chi connectivity index (χ3n) is 5.78. The van der Waals surface area contributed by atoms with Crippen molar-refractivity contribution in [2.24, 2.45) is 0 Å². The van der Waals surface area contributed by atoms with Crippen LogP contribution in [0.4, 0.5) is 26.7 Å². The lowest BCUT2D eigenvalue weighted by atomic mass is 10.00. The van der Waals surface area contributed by atoms with Gasteiger partial charge in [-0.2, -0.15) is 0 Å². The highest BCUT2D eigenvalue weighted by Gasteiger charge is 2.21. The van der Waals surface area contributed by atoms with E-state index in [9.17, 15) is 26.7 Å². The van der Waals surface area contributed by atoms with Crippen LogP contribution in [-0.4, -0.2) is 28.6 Å². The molecule has 4 nitrogen and oxygen atoms in total. The van der Waals surface area contributed by atoms with Gasteiger partial charge >= 0.3 is 6.09 Å². The fourth-order valence-electron chi connectivity index (χ4n) is 3.96. The Bertz CT molecular complexity index is 1390. The van der Waals surface area contributed by atoms with E-state index >= 15 is 0 Å². The number of halogens is 5. The number of carbonyl (C=O) groups excluding carboxylic acids is 1. The molecule has 1 aromatic heterocycles. The summed E-state index contributed by atoms with van der Waals surface area (Å²) in [6, 6.07) is 9.16. The number of hydrogen-bond acceptors (Lipinski definition) is 2. The average Bonchev–Trinajstić information content (AvgIpc) is 3.21. The summed E-state index contributed by atoms with van der Waals surface area (Å²) in [4.78, 5) is 14.1. The Morgan fingerprint density at radius 1 is 0.857 bits per heavy atom. The first-order chi connectivity index (χ1) is 16.7. The van der Waals surface area contributed by atoms with E-state index in [-0.39, 0.29) is 23.4 Å². The van der Waals surface area contributed by atoms with Gasteiger partial charge in [0.1, 0.15) is 23.2 Å². The normalized spacial score (nSPS) is 11.2. The van der Waals surface area contributed by atoms with Gasteiger partial charge in [0.05, 0.1) is 6.54 Å². The predicted octanol–water partition coefficient (Wildman–Crippen LogP) is 6.89. The van der Waals surface area contributed by atoms with Gasteiger partial charge in [0, 0.05) is 53.4 Å². The van der Waals surface area contributed by atoms with E-state index in [0.29, 0.717) is 41.7 Å². The summed E-state index contributed by atoms with van der Waals surface area (Å²) in [6.45, 7) is 4.14. The van der Waals surface area contributed by atoms with Gasteiger partial charge in [-0.1, -0.05) is 6.07 Å².